The van der Waals surface area contributed by atoms with Gasteiger partial charge in [-0.25, -0.2) is 4.68 Å². The maximum Gasteiger partial charge on any atom is 0.241 e. The Hall–Kier alpha value is -2.24. The molecule has 2 rings (SSSR count). The number of aromatic nitrogens is 3. The largest absolute Gasteiger partial charge is 0.398 e. The molecular formula is C9H12N6. The number of hydrogen-bond acceptors (Lipinski definition) is 5. The third-order valence-electron chi connectivity index (χ3n) is 2.29. The van der Waals surface area contributed by atoms with Gasteiger partial charge in [0.25, 0.3) is 0 Å². The molecule has 0 fully saturated rings. The van der Waals surface area contributed by atoms with E-state index in [1.165, 1.54) is 4.68 Å². The Bertz CT molecular complexity index is 501. The lowest BCUT2D eigenvalue weighted by Gasteiger charge is -2.06. The highest BCUT2D eigenvalue weighted by atomic mass is 15.4. The van der Waals surface area contributed by atoms with Crippen molar-refractivity contribution in [3.8, 4) is 11.4 Å². The molecule has 0 spiro atoms. The molecule has 0 saturated carbocycles. The lowest BCUT2D eigenvalue weighted by Crippen LogP contribution is -2.14. The van der Waals surface area contributed by atoms with Gasteiger partial charge >= 0.3 is 0 Å². The molecule has 1 aromatic heterocycles. The number of anilines is 2. The van der Waals surface area contributed by atoms with Crippen molar-refractivity contribution in [3.05, 3.63) is 23.8 Å². The van der Waals surface area contributed by atoms with Crippen LogP contribution in [-0.4, -0.2) is 14.9 Å². The number of aryl methyl sites for hydroxylation is 1. The highest BCUT2D eigenvalue weighted by Gasteiger charge is 2.12. The van der Waals surface area contributed by atoms with Gasteiger partial charge in [0.05, 0.1) is 0 Å². The topological polar surface area (TPSA) is 109 Å². The molecule has 0 aliphatic carbocycles. The van der Waals surface area contributed by atoms with Gasteiger partial charge in [0, 0.05) is 11.3 Å². The first kappa shape index (κ1) is 9.32. The van der Waals surface area contributed by atoms with Crippen molar-refractivity contribution in [1.82, 2.24) is 14.9 Å². The monoisotopic (exact) mass is 204 g/mol. The number of nitrogens with zero attached hydrogens (tertiary/aromatic N) is 3. The SMILES string of the molecule is Cc1cccc(-c2nnc(N)n2N)c1N. The number of para-hydroxylation sites is 1. The Kier molecular flexibility index (Phi) is 1.96. The zero-order chi connectivity index (χ0) is 11.0. The molecule has 78 valence electrons. The van der Waals surface area contributed by atoms with Crippen molar-refractivity contribution < 1.29 is 0 Å². The zero-order valence-corrected chi connectivity index (χ0v) is 8.31. The fraction of sp³-hybridized carbons (Fsp3) is 0.111. The minimum absolute atomic E-state index is 0.158. The number of hydrogen-bond donors (Lipinski definition) is 3. The Morgan fingerprint density at radius 3 is 2.53 bits per heavy atom. The maximum atomic E-state index is 5.92. The van der Waals surface area contributed by atoms with E-state index in [4.69, 9.17) is 17.3 Å². The number of rotatable bonds is 1. The lowest BCUT2D eigenvalue weighted by molar-refractivity contribution is 1.02. The molecule has 0 saturated heterocycles. The van der Waals surface area contributed by atoms with E-state index in [2.05, 4.69) is 10.2 Å². The Morgan fingerprint density at radius 2 is 1.93 bits per heavy atom. The van der Waals surface area contributed by atoms with E-state index in [1.807, 2.05) is 25.1 Å². The summed E-state index contributed by atoms with van der Waals surface area (Å²) in [5.41, 5.74) is 13.7. The fourth-order valence-electron chi connectivity index (χ4n) is 1.36. The third kappa shape index (κ3) is 1.35. The summed E-state index contributed by atoms with van der Waals surface area (Å²) in [6, 6.07) is 5.63. The fourth-order valence-corrected chi connectivity index (χ4v) is 1.36. The van der Waals surface area contributed by atoms with Crippen LogP contribution in [0, 0.1) is 6.92 Å². The smallest absolute Gasteiger partial charge is 0.241 e. The second-order valence-electron chi connectivity index (χ2n) is 3.29. The van der Waals surface area contributed by atoms with E-state index in [0.29, 0.717) is 11.5 Å². The van der Waals surface area contributed by atoms with Gasteiger partial charge in [-0.1, -0.05) is 12.1 Å². The minimum Gasteiger partial charge on any atom is -0.398 e. The first-order valence-electron chi connectivity index (χ1n) is 4.42. The van der Waals surface area contributed by atoms with E-state index < -0.39 is 0 Å². The summed E-state index contributed by atoms with van der Waals surface area (Å²) in [4.78, 5) is 0. The molecule has 6 nitrogen and oxygen atoms in total. The van der Waals surface area contributed by atoms with Crippen LogP contribution in [0.3, 0.4) is 0 Å². The van der Waals surface area contributed by atoms with Crippen molar-refractivity contribution in [3.63, 3.8) is 0 Å². The predicted molar refractivity (Wildman–Crippen MR) is 59.2 cm³/mol. The minimum atomic E-state index is 0.158. The molecule has 1 heterocycles. The second kappa shape index (κ2) is 3.16. The molecule has 1 aromatic carbocycles. The standard InChI is InChI=1S/C9H12N6/c1-5-3-2-4-6(7(5)10)8-13-14-9(11)15(8)12/h2-4H,10,12H2,1H3,(H2,11,14). The highest BCUT2D eigenvalue weighted by molar-refractivity contribution is 5.74. The van der Waals surface area contributed by atoms with Crippen LogP contribution >= 0.6 is 0 Å². The van der Waals surface area contributed by atoms with E-state index in [0.717, 1.165) is 11.1 Å². The zero-order valence-electron chi connectivity index (χ0n) is 8.31. The normalized spacial score (nSPS) is 10.5. The van der Waals surface area contributed by atoms with Crippen molar-refractivity contribution >= 4 is 11.6 Å². The molecule has 0 aliphatic rings. The van der Waals surface area contributed by atoms with E-state index >= 15 is 0 Å². The summed E-state index contributed by atoms with van der Waals surface area (Å²) in [5.74, 6) is 6.29. The Labute approximate surface area is 86.7 Å². The summed E-state index contributed by atoms with van der Waals surface area (Å²) in [6.07, 6.45) is 0. The van der Waals surface area contributed by atoms with E-state index in [9.17, 15) is 0 Å². The first-order valence-corrected chi connectivity index (χ1v) is 4.42. The van der Waals surface area contributed by atoms with Crippen molar-refractivity contribution in [2.45, 2.75) is 6.92 Å². The van der Waals surface area contributed by atoms with Crippen molar-refractivity contribution in [2.24, 2.45) is 0 Å². The van der Waals surface area contributed by atoms with Crippen LogP contribution < -0.4 is 17.3 Å². The van der Waals surface area contributed by atoms with E-state index in [-0.39, 0.29) is 5.95 Å². The van der Waals surface area contributed by atoms with Crippen LogP contribution in [0.2, 0.25) is 0 Å². The van der Waals surface area contributed by atoms with Gasteiger partial charge < -0.3 is 17.3 Å². The maximum absolute atomic E-state index is 5.92. The second-order valence-corrected chi connectivity index (χ2v) is 3.29. The van der Waals surface area contributed by atoms with Gasteiger partial charge in [-0.05, 0) is 18.6 Å². The van der Waals surface area contributed by atoms with Gasteiger partial charge in [0.1, 0.15) is 0 Å². The Balaban J connectivity index is 2.64. The van der Waals surface area contributed by atoms with Crippen LogP contribution in [0.1, 0.15) is 5.56 Å². The molecule has 0 unspecified atom stereocenters. The summed E-state index contributed by atoms with van der Waals surface area (Å²) < 4.78 is 1.21. The summed E-state index contributed by atoms with van der Waals surface area (Å²) in [6.45, 7) is 1.92. The van der Waals surface area contributed by atoms with Crippen molar-refractivity contribution in [2.75, 3.05) is 17.3 Å². The van der Waals surface area contributed by atoms with Crippen LogP contribution in [0.5, 0.6) is 0 Å². The van der Waals surface area contributed by atoms with Crippen LogP contribution in [0.25, 0.3) is 11.4 Å². The molecule has 2 aromatic rings. The molecule has 0 atom stereocenters. The predicted octanol–water partition coefficient (Wildman–Crippen LogP) is 0.132. The molecule has 0 radical (unpaired) electrons. The number of nitrogens with two attached hydrogens (primary N) is 3. The van der Waals surface area contributed by atoms with Gasteiger partial charge in [0.2, 0.25) is 5.95 Å². The number of benzene rings is 1. The molecule has 0 amide bonds. The quantitative estimate of drug-likeness (QED) is 0.452. The average Bonchev–Trinajstić information content (AvgIpc) is 2.53. The highest BCUT2D eigenvalue weighted by Crippen LogP contribution is 2.26. The number of nitrogen functional groups attached to an aromatic ring is 3. The molecule has 0 aliphatic heterocycles. The summed E-state index contributed by atoms with van der Waals surface area (Å²) in [7, 11) is 0. The Morgan fingerprint density at radius 1 is 1.20 bits per heavy atom. The van der Waals surface area contributed by atoms with Gasteiger partial charge in [0.15, 0.2) is 5.82 Å². The molecule has 15 heavy (non-hydrogen) atoms. The van der Waals surface area contributed by atoms with Gasteiger partial charge in [-0.15, -0.1) is 10.2 Å². The molecular weight excluding hydrogens is 192 g/mol. The van der Waals surface area contributed by atoms with Gasteiger partial charge in [-0.3, -0.25) is 0 Å². The third-order valence-corrected chi connectivity index (χ3v) is 2.29. The summed E-state index contributed by atoms with van der Waals surface area (Å²) >= 11 is 0. The van der Waals surface area contributed by atoms with Crippen LogP contribution in [-0.2, 0) is 0 Å². The molecule has 0 bridgehead atoms. The van der Waals surface area contributed by atoms with Crippen LogP contribution in [0.15, 0.2) is 18.2 Å². The van der Waals surface area contributed by atoms with Gasteiger partial charge in [-0.2, -0.15) is 0 Å². The van der Waals surface area contributed by atoms with Crippen LogP contribution in [0.4, 0.5) is 11.6 Å². The lowest BCUT2D eigenvalue weighted by atomic mass is 10.1. The summed E-state index contributed by atoms with van der Waals surface area (Å²) in [5, 5.41) is 7.54. The van der Waals surface area contributed by atoms with E-state index in [1.54, 1.807) is 0 Å². The molecule has 6 heteroatoms. The average molecular weight is 204 g/mol. The molecule has 6 N–H and O–H groups in total. The van der Waals surface area contributed by atoms with Crippen molar-refractivity contribution in [1.29, 1.82) is 0 Å². The first-order chi connectivity index (χ1) is 7.11.